The molecule has 104 valence electrons. The van der Waals surface area contributed by atoms with Gasteiger partial charge in [0.15, 0.2) is 0 Å². The number of carboxylic acid groups (broad SMARTS) is 1. The lowest BCUT2D eigenvalue weighted by molar-refractivity contribution is -0.137. The summed E-state index contributed by atoms with van der Waals surface area (Å²) in [5.41, 5.74) is 0. The summed E-state index contributed by atoms with van der Waals surface area (Å²) in [6.45, 7) is 3.34. The van der Waals surface area contributed by atoms with Gasteiger partial charge < -0.3 is 15.3 Å². The smallest absolute Gasteiger partial charge is 0.304 e. The molecule has 0 atom stereocenters. The molecule has 0 unspecified atom stereocenters. The van der Waals surface area contributed by atoms with Crippen molar-refractivity contribution >= 4 is 11.9 Å². The van der Waals surface area contributed by atoms with Gasteiger partial charge >= 0.3 is 5.97 Å². The van der Waals surface area contributed by atoms with Gasteiger partial charge in [-0.05, 0) is 19.8 Å². The summed E-state index contributed by atoms with van der Waals surface area (Å²) >= 11 is 0. The number of hydrogen-bond acceptors (Lipinski definition) is 3. The average molecular weight is 256 g/mol. The molecule has 0 heterocycles. The fourth-order valence-electron chi connectivity index (χ4n) is 2.52. The van der Waals surface area contributed by atoms with Crippen molar-refractivity contribution in [2.24, 2.45) is 0 Å². The Bertz CT molecular complexity index is 275. The van der Waals surface area contributed by atoms with Gasteiger partial charge in [0.1, 0.15) is 0 Å². The zero-order valence-corrected chi connectivity index (χ0v) is 11.2. The first-order chi connectivity index (χ1) is 8.65. The molecular formula is C13H24N2O3. The van der Waals surface area contributed by atoms with Crippen LogP contribution in [0.2, 0.25) is 0 Å². The summed E-state index contributed by atoms with van der Waals surface area (Å²) in [5, 5.41) is 11.4. The first kappa shape index (κ1) is 15.0. The van der Waals surface area contributed by atoms with Gasteiger partial charge in [0.25, 0.3) is 0 Å². The highest BCUT2D eigenvalue weighted by atomic mass is 16.4. The van der Waals surface area contributed by atoms with Crippen LogP contribution in [-0.2, 0) is 9.59 Å². The van der Waals surface area contributed by atoms with Crippen LogP contribution in [0.15, 0.2) is 0 Å². The van der Waals surface area contributed by atoms with Crippen LogP contribution in [0, 0.1) is 0 Å². The van der Waals surface area contributed by atoms with Gasteiger partial charge in [0.2, 0.25) is 5.91 Å². The fraction of sp³-hybridized carbons (Fsp3) is 0.846. The van der Waals surface area contributed by atoms with E-state index in [1.807, 2.05) is 11.8 Å². The fourth-order valence-corrected chi connectivity index (χ4v) is 2.52. The molecule has 1 rings (SSSR count). The van der Waals surface area contributed by atoms with Gasteiger partial charge in [-0.1, -0.05) is 19.3 Å². The second-order valence-electron chi connectivity index (χ2n) is 4.79. The highest BCUT2D eigenvalue weighted by Crippen LogP contribution is 2.22. The summed E-state index contributed by atoms with van der Waals surface area (Å²) in [5.74, 6) is -0.746. The Labute approximate surface area is 109 Å². The molecule has 0 saturated heterocycles. The van der Waals surface area contributed by atoms with Gasteiger partial charge in [0.05, 0.1) is 13.0 Å². The van der Waals surface area contributed by atoms with Crippen LogP contribution >= 0.6 is 0 Å². The van der Waals surface area contributed by atoms with E-state index in [1.165, 1.54) is 19.3 Å². The quantitative estimate of drug-likeness (QED) is 0.672. The molecule has 0 aromatic heterocycles. The highest BCUT2D eigenvalue weighted by molar-refractivity contribution is 5.78. The predicted molar refractivity (Wildman–Crippen MR) is 69.4 cm³/mol. The topological polar surface area (TPSA) is 69.6 Å². The van der Waals surface area contributed by atoms with Gasteiger partial charge in [-0.25, -0.2) is 0 Å². The SMILES string of the molecule is CCN(C(=O)CNCCC(=O)O)C1CCCCC1. The van der Waals surface area contributed by atoms with Crippen molar-refractivity contribution in [1.82, 2.24) is 10.2 Å². The molecule has 18 heavy (non-hydrogen) atoms. The van der Waals surface area contributed by atoms with Crippen LogP contribution in [0.3, 0.4) is 0 Å². The maximum atomic E-state index is 12.0. The molecule has 5 nitrogen and oxygen atoms in total. The van der Waals surface area contributed by atoms with Crippen molar-refractivity contribution in [3.05, 3.63) is 0 Å². The van der Waals surface area contributed by atoms with Crippen LogP contribution in [0.5, 0.6) is 0 Å². The lowest BCUT2D eigenvalue weighted by Gasteiger charge is -2.33. The number of carbonyl (C=O) groups excluding carboxylic acids is 1. The van der Waals surface area contributed by atoms with E-state index >= 15 is 0 Å². The number of carbonyl (C=O) groups is 2. The van der Waals surface area contributed by atoms with E-state index in [0.717, 1.165) is 19.4 Å². The Balaban J connectivity index is 2.29. The Kier molecular flexibility index (Phi) is 6.72. The van der Waals surface area contributed by atoms with Gasteiger partial charge in [0, 0.05) is 19.1 Å². The maximum Gasteiger partial charge on any atom is 0.304 e. The number of amides is 1. The Morgan fingerprint density at radius 3 is 2.50 bits per heavy atom. The number of carboxylic acids is 1. The van der Waals surface area contributed by atoms with Gasteiger partial charge in [-0.15, -0.1) is 0 Å². The van der Waals surface area contributed by atoms with Crippen molar-refractivity contribution < 1.29 is 14.7 Å². The molecular weight excluding hydrogens is 232 g/mol. The molecule has 0 radical (unpaired) electrons. The lowest BCUT2D eigenvalue weighted by Crippen LogP contribution is -2.45. The molecule has 0 aromatic rings. The minimum absolute atomic E-state index is 0.0584. The summed E-state index contributed by atoms with van der Waals surface area (Å²) in [7, 11) is 0. The molecule has 0 spiro atoms. The minimum Gasteiger partial charge on any atom is -0.481 e. The van der Waals surface area contributed by atoms with Crippen LogP contribution in [-0.4, -0.2) is 47.6 Å². The van der Waals surface area contributed by atoms with Gasteiger partial charge in [-0.3, -0.25) is 9.59 Å². The average Bonchev–Trinajstić information content (AvgIpc) is 2.36. The first-order valence-electron chi connectivity index (χ1n) is 6.87. The standard InChI is InChI=1S/C13H24N2O3/c1-2-15(11-6-4-3-5-7-11)12(16)10-14-9-8-13(17)18/h11,14H,2-10H2,1H3,(H,17,18). The molecule has 2 N–H and O–H groups in total. The minimum atomic E-state index is -0.838. The lowest BCUT2D eigenvalue weighted by atomic mass is 9.94. The summed E-state index contributed by atoms with van der Waals surface area (Å²) in [6.07, 6.45) is 5.97. The molecule has 0 aromatic carbocycles. The second-order valence-corrected chi connectivity index (χ2v) is 4.79. The Morgan fingerprint density at radius 2 is 1.94 bits per heavy atom. The first-order valence-corrected chi connectivity index (χ1v) is 6.87. The van der Waals surface area contributed by atoms with Crippen molar-refractivity contribution in [3.63, 3.8) is 0 Å². The van der Waals surface area contributed by atoms with Gasteiger partial charge in [-0.2, -0.15) is 0 Å². The Hall–Kier alpha value is -1.10. The number of nitrogens with zero attached hydrogens (tertiary/aromatic N) is 1. The number of likely N-dealkylation sites (N-methyl/N-ethyl adjacent to an activating group) is 1. The molecule has 0 bridgehead atoms. The zero-order chi connectivity index (χ0) is 13.4. The molecule has 1 amide bonds. The van der Waals surface area contributed by atoms with Crippen LogP contribution in [0.25, 0.3) is 0 Å². The van der Waals surface area contributed by atoms with Crippen LogP contribution < -0.4 is 5.32 Å². The highest BCUT2D eigenvalue weighted by Gasteiger charge is 2.23. The number of nitrogens with one attached hydrogen (secondary N) is 1. The van der Waals surface area contributed by atoms with E-state index in [-0.39, 0.29) is 18.9 Å². The third kappa shape index (κ3) is 5.04. The van der Waals surface area contributed by atoms with Crippen molar-refractivity contribution in [1.29, 1.82) is 0 Å². The largest absolute Gasteiger partial charge is 0.481 e. The van der Waals surface area contributed by atoms with E-state index in [9.17, 15) is 9.59 Å². The number of hydrogen-bond donors (Lipinski definition) is 2. The third-order valence-corrected chi connectivity index (χ3v) is 3.47. The Morgan fingerprint density at radius 1 is 1.28 bits per heavy atom. The molecule has 1 aliphatic carbocycles. The molecule has 5 heteroatoms. The van der Waals surface area contributed by atoms with E-state index in [4.69, 9.17) is 5.11 Å². The van der Waals surface area contributed by atoms with E-state index in [0.29, 0.717) is 12.6 Å². The van der Waals surface area contributed by atoms with E-state index < -0.39 is 5.97 Å². The summed E-state index contributed by atoms with van der Waals surface area (Å²) in [6, 6.07) is 0.387. The molecule has 1 fully saturated rings. The third-order valence-electron chi connectivity index (χ3n) is 3.47. The van der Waals surface area contributed by atoms with E-state index in [1.54, 1.807) is 0 Å². The van der Waals surface area contributed by atoms with E-state index in [2.05, 4.69) is 5.32 Å². The van der Waals surface area contributed by atoms with Crippen LogP contribution in [0.4, 0.5) is 0 Å². The predicted octanol–water partition coefficient (Wildman–Crippen LogP) is 1.23. The summed E-state index contributed by atoms with van der Waals surface area (Å²) in [4.78, 5) is 24.3. The number of rotatable bonds is 7. The van der Waals surface area contributed by atoms with Crippen LogP contribution in [0.1, 0.15) is 45.4 Å². The molecule has 0 aliphatic heterocycles. The zero-order valence-electron chi connectivity index (χ0n) is 11.2. The normalized spacial score (nSPS) is 16.5. The maximum absolute atomic E-state index is 12.0. The second kappa shape index (κ2) is 8.08. The van der Waals surface area contributed by atoms with Crippen molar-refractivity contribution in [2.75, 3.05) is 19.6 Å². The molecule has 1 saturated carbocycles. The molecule has 1 aliphatic rings. The number of aliphatic carboxylic acids is 1. The monoisotopic (exact) mass is 256 g/mol. The summed E-state index contributed by atoms with van der Waals surface area (Å²) < 4.78 is 0. The van der Waals surface area contributed by atoms with Crippen molar-refractivity contribution in [3.8, 4) is 0 Å². The van der Waals surface area contributed by atoms with Crippen molar-refractivity contribution in [2.45, 2.75) is 51.5 Å².